The van der Waals surface area contributed by atoms with Crippen LogP contribution in [0.5, 0.6) is 5.75 Å². The predicted octanol–water partition coefficient (Wildman–Crippen LogP) is 2.86. The van der Waals surface area contributed by atoms with E-state index < -0.39 is 0 Å². The lowest BCUT2D eigenvalue weighted by Gasteiger charge is -2.08. The normalized spacial score (nSPS) is 11.0. The summed E-state index contributed by atoms with van der Waals surface area (Å²) in [5, 5.41) is 3.16. The van der Waals surface area contributed by atoms with Crippen LogP contribution in [-0.2, 0) is 6.54 Å². The van der Waals surface area contributed by atoms with Gasteiger partial charge >= 0.3 is 5.63 Å². The van der Waals surface area contributed by atoms with Gasteiger partial charge in [0, 0.05) is 17.0 Å². The van der Waals surface area contributed by atoms with E-state index in [1.54, 1.807) is 6.07 Å². The van der Waals surface area contributed by atoms with Gasteiger partial charge in [0.2, 0.25) is 0 Å². The van der Waals surface area contributed by atoms with Crippen LogP contribution in [0.4, 0.5) is 0 Å². The molecule has 3 rings (SSSR count). The zero-order valence-corrected chi connectivity index (χ0v) is 15.0. The van der Waals surface area contributed by atoms with Crippen LogP contribution >= 0.6 is 0 Å². The fourth-order valence-corrected chi connectivity index (χ4v) is 2.80. The van der Waals surface area contributed by atoms with E-state index in [0.29, 0.717) is 12.2 Å². The van der Waals surface area contributed by atoms with Gasteiger partial charge in [0.1, 0.15) is 31.0 Å². The summed E-state index contributed by atoms with van der Waals surface area (Å²) in [5.41, 5.74) is 4.92. The molecule has 0 atom stereocenters. The maximum Gasteiger partial charge on any atom is 0.336 e. The first-order chi connectivity index (χ1) is 12.0. The number of ether oxygens (including phenoxy) is 1. The minimum atomic E-state index is -0.296. The smallest absolute Gasteiger partial charge is 0.336 e. The molecule has 2 aromatic carbocycles. The zero-order chi connectivity index (χ0) is 17.8. The third-order valence-electron chi connectivity index (χ3n) is 4.42. The van der Waals surface area contributed by atoms with Crippen LogP contribution in [0, 0.1) is 20.8 Å². The van der Waals surface area contributed by atoms with Crippen molar-refractivity contribution in [1.29, 1.82) is 0 Å². The molecule has 130 valence electrons. The molecule has 0 spiro atoms. The highest BCUT2D eigenvalue weighted by Crippen LogP contribution is 2.21. The van der Waals surface area contributed by atoms with Gasteiger partial charge in [0.05, 0.1) is 0 Å². The van der Waals surface area contributed by atoms with Crippen molar-refractivity contribution < 1.29 is 14.5 Å². The van der Waals surface area contributed by atoms with Gasteiger partial charge in [0.25, 0.3) is 0 Å². The average Bonchev–Trinajstić information content (AvgIpc) is 2.58. The number of hydrogen-bond donors (Lipinski definition) is 1. The van der Waals surface area contributed by atoms with E-state index in [2.05, 4.69) is 25.2 Å². The first-order valence-electron chi connectivity index (χ1n) is 8.58. The number of nitrogens with two attached hydrogens (primary N) is 1. The van der Waals surface area contributed by atoms with Gasteiger partial charge in [-0.2, -0.15) is 0 Å². The molecule has 0 bridgehead atoms. The van der Waals surface area contributed by atoms with E-state index in [1.165, 1.54) is 11.1 Å². The lowest BCUT2D eigenvalue weighted by molar-refractivity contribution is -0.671. The molecule has 0 aliphatic heterocycles. The summed E-state index contributed by atoms with van der Waals surface area (Å²) in [5.74, 6) is 0.885. The summed E-state index contributed by atoms with van der Waals surface area (Å²) >= 11 is 0. The molecule has 0 unspecified atom stereocenters. The number of fused-ring (bicyclic) bond motifs is 1. The fraction of sp³-hybridized carbons (Fsp3) is 0.286. The van der Waals surface area contributed by atoms with Crippen molar-refractivity contribution in [3.63, 3.8) is 0 Å². The molecule has 25 heavy (non-hydrogen) atoms. The second-order valence-corrected chi connectivity index (χ2v) is 6.47. The van der Waals surface area contributed by atoms with Gasteiger partial charge < -0.3 is 14.5 Å². The highest BCUT2D eigenvalue weighted by atomic mass is 16.5. The van der Waals surface area contributed by atoms with Crippen LogP contribution in [0.2, 0.25) is 0 Å². The molecule has 4 nitrogen and oxygen atoms in total. The summed E-state index contributed by atoms with van der Waals surface area (Å²) in [4.78, 5) is 11.8. The Morgan fingerprint density at radius 3 is 2.48 bits per heavy atom. The van der Waals surface area contributed by atoms with Gasteiger partial charge in [-0.25, -0.2) is 4.79 Å². The number of hydrogen-bond acceptors (Lipinski definition) is 3. The second-order valence-electron chi connectivity index (χ2n) is 6.47. The Morgan fingerprint density at radius 2 is 1.72 bits per heavy atom. The summed E-state index contributed by atoms with van der Waals surface area (Å²) < 4.78 is 11.1. The lowest BCUT2D eigenvalue weighted by Crippen LogP contribution is -2.83. The van der Waals surface area contributed by atoms with Crippen LogP contribution in [-0.4, -0.2) is 13.2 Å². The molecule has 0 saturated carbocycles. The van der Waals surface area contributed by atoms with E-state index in [9.17, 15) is 4.79 Å². The molecule has 0 aliphatic carbocycles. The van der Waals surface area contributed by atoms with Gasteiger partial charge in [-0.15, -0.1) is 0 Å². The van der Waals surface area contributed by atoms with Crippen molar-refractivity contribution in [1.82, 2.24) is 0 Å². The second kappa shape index (κ2) is 7.53. The summed E-state index contributed by atoms with van der Waals surface area (Å²) in [6.45, 7) is 8.32. The van der Waals surface area contributed by atoms with Gasteiger partial charge in [0.15, 0.2) is 0 Å². The van der Waals surface area contributed by atoms with Crippen LogP contribution in [0.3, 0.4) is 0 Å². The monoisotopic (exact) mass is 338 g/mol. The summed E-state index contributed by atoms with van der Waals surface area (Å²) in [6.07, 6.45) is 0. The Hall–Kier alpha value is -2.59. The lowest BCUT2D eigenvalue weighted by atomic mass is 10.0. The van der Waals surface area contributed by atoms with E-state index in [1.807, 2.05) is 37.3 Å². The van der Waals surface area contributed by atoms with E-state index in [4.69, 9.17) is 9.15 Å². The summed E-state index contributed by atoms with van der Waals surface area (Å²) in [7, 11) is 0. The standard InChI is InChI=1S/C21H23NO3/c1-14-4-6-18(7-5-14)24-9-8-22-13-17-12-21(23)25-20-11-16(3)15(2)10-19(17)20/h4-7,10-12,22H,8-9,13H2,1-3H3/p+1. The average molecular weight is 338 g/mol. The van der Waals surface area contributed by atoms with Crippen LogP contribution in [0.25, 0.3) is 11.0 Å². The van der Waals surface area contributed by atoms with Gasteiger partial charge in [-0.1, -0.05) is 17.7 Å². The third-order valence-corrected chi connectivity index (χ3v) is 4.42. The third kappa shape index (κ3) is 4.28. The fourth-order valence-electron chi connectivity index (χ4n) is 2.80. The maximum atomic E-state index is 11.8. The van der Waals surface area contributed by atoms with Crippen molar-refractivity contribution >= 4 is 11.0 Å². The predicted molar refractivity (Wildman–Crippen MR) is 99.1 cm³/mol. The van der Waals surface area contributed by atoms with Crippen LogP contribution in [0.1, 0.15) is 22.3 Å². The molecule has 0 fully saturated rings. The highest BCUT2D eigenvalue weighted by molar-refractivity contribution is 5.81. The topological polar surface area (TPSA) is 56.0 Å². The largest absolute Gasteiger partial charge is 0.488 e. The Kier molecular flexibility index (Phi) is 5.19. The minimum Gasteiger partial charge on any atom is -0.488 e. The SMILES string of the molecule is Cc1ccc(OCC[NH2+]Cc2cc(=O)oc3cc(C)c(C)cc23)cc1. The maximum absolute atomic E-state index is 11.8. The Morgan fingerprint density at radius 1 is 1.00 bits per heavy atom. The van der Waals surface area contributed by atoms with Crippen molar-refractivity contribution in [2.45, 2.75) is 27.3 Å². The number of benzene rings is 2. The molecule has 2 N–H and O–H groups in total. The molecule has 0 amide bonds. The molecule has 0 saturated heterocycles. The molecular formula is C21H24NO3+. The molecule has 3 aromatic rings. The van der Waals surface area contributed by atoms with Crippen molar-refractivity contribution in [2.75, 3.05) is 13.2 Å². The number of quaternary nitrogens is 1. The Labute approximate surface area is 147 Å². The first kappa shape index (κ1) is 17.2. The van der Waals surface area contributed by atoms with Crippen molar-refractivity contribution in [3.8, 4) is 5.75 Å². The number of rotatable bonds is 6. The quantitative estimate of drug-likeness (QED) is 0.555. The van der Waals surface area contributed by atoms with E-state index >= 15 is 0 Å². The molecular weight excluding hydrogens is 314 g/mol. The Balaban J connectivity index is 1.62. The van der Waals surface area contributed by atoms with Crippen LogP contribution in [0.15, 0.2) is 51.7 Å². The van der Waals surface area contributed by atoms with E-state index in [-0.39, 0.29) is 5.63 Å². The molecule has 0 aliphatic rings. The number of aryl methyl sites for hydroxylation is 3. The molecule has 1 aromatic heterocycles. The minimum absolute atomic E-state index is 0.296. The van der Waals surface area contributed by atoms with Crippen molar-refractivity contribution in [2.24, 2.45) is 0 Å². The van der Waals surface area contributed by atoms with Crippen molar-refractivity contribution in [3.05, 3.63) is 75.1 Å². The molecule has 0 radical (unpaired) electrons. The zero-order valence-electron chi connectivity index (χ0n) is 15.0. The summed E-state index contributed by atoms with van der Waals surface area (Å²) in [6, 6.07) is 13.7. The van der Waals surface area contributed by atoms with Gasteiger partial charge in [-0.3, -0.25) is 0 Å². The van der Waals surface area contributed by atoms with Gasteiger partial charge in [-0.05, 0) is 56.2 Å². The van der Waals surface area contributed by atoms with Crippen LogP contribution < -0.4 is 15.7 Å². The molecule has 4 heteroatoms. The first-order valence-corrected chi connectivity index (χ1v) is 8.58. The molecule has 1 heterocycles. The highest BCUT2D eigenvalue weighted by Gasteiger charge is 2.09. The Bertz CT molecular complexity index is 926. The van der Waals surface area contributed by atoms with E-state index in [0.717, 1.165) is 35.4 Å².